The molecule has 4 rings (SSSR count). The van der Waals surface area contributed by atoms with Crippen molar-refractivity contribution < 1.29 is 9.90 Å². The molecule has 2 aliphatic rings. The van der Waals surface area contributed by atoms with Gasteiger partial charge in [0.15, 0.2) is 5.96 Å². The number of nitrogens with two attached hydrogens (primary N) is 2. The number of hydrogen-bond donors (Lipinski definition) is 5. The second kappa shape index (κ2) is 10.8. The first-order chi connectivity index (χ1) is 12.9. The fraction of sp³-hybridized carbons (Fsp3) is 0.529. The first-order valence-corrected chi connectivity index (χ1v) is 9.79. The van der Waals surface area contributed by atoms with Crippen LogP contribution in [0.15, 0.2) is 4.79 Å². The number of H-pyrrole nitrogens is 1. The number of carboxylic acid groups (broad SMARTS) is 1. The highest BCUT2D eigenvalue weighted by atomic mass is 35.5. The van der Waals surface area contributed by atoms with Crippen LogP contribution < -0.4 is 17.0 Å². The van der Waals surface area contributed by atoms with E-state index >= 15 is 0 Å². The summed E-state index contributed by atoms with van der Waals surface area (Å²) in [5, 5.41) is 16.6. The summed E-state index contributed by atoms with van der Waals surface area (Å²) in [5.74, 6) is -0.643. The van der Waals surface area contributed by atoms with Gasteiger partial charge in [-0.05, 0) is 50.1 Å². The highest BCUT2D eigenvalue weighted by molar-refractivity contribution is 7.18. The minimum atomic E-state index is -1.20. The fourth-order valence-corrected chi connectivity index (χ4v) is 4.78. The Bertz CT molecular complexity index is 924. The molecule has 162 valence electrons. The summed E-state index contributed by atoms with van der Waals surface area (Å²) in [5.41, 5.74) is 11.6. The van der Waals surface area contributed by atoms with Gasteiger partial charge >= 0.3 is 5.97 Å². The van der Waals surface area contributed by atoms with Crippen molar-refractivity contribution in [3.05, 3.63) is 26.6 Å². The fourth-order valence-electron chi connectivity index (χ4n) is 3.51. The zero-order valence-corrected chi connectivity index (χ0v) is 18.2. The molecule has 9 nitrogen and oxygen atoms in total. The lowest BCUT2D eigenvalue weighted by Gasteiger charge is -2.31. The summed E-state index contributed by atoms with van der Waals surface area (Å²) in [6, 6.07) is 0. The predicted octanol–water partition coefficient (Wildman–Crippen LogP) is 1.57. The van der Waals surface area contributed by atoms with Gasteiger partial charge in [-0.25, -0.2) is 9.78 Å². The maximum Gasteiger partial charge on any atom is 0.372 e. The van der Waals surface area contributed by atoms with Gasteiger partial charge in [-0.3, -0.25) is 10.2 Å². The van der Waals surface area contributed by atoms with Crippen LogP contribution in [-0.4, -0.2) is 51.5 Å². The van der Waals surface area contributed by atoms with E-state index in [2.05, 4.69) is 9.97 Å². The Morgan fingerprint density at radius 3 is 2.52 bits per heavy atom. The van der Waals surface area contributed by atoms with Crippen molar-refractivity contribution in [2.45, 2.75) is 32.1 Å². The van der Waals surface area contributed by atoms with Crippen LogP contribution in [0.5, 0.6) is 0 Å². The van der Waals surface area contributed by atoms with Crippen LogP contribution in [0.2, 0.25) is 0 Å². The van der Waals surface area contributed by atoms with Crippen LogP contribution in [0.3, 0.4) is 0 Å². The molecule has 2 aromatic heterocycles. The first-order valence-electron chi connectivity index (χ1n) is 8.97. The largest absolute Gasteiger partial charge is 0.475 e. The number of thiophene rings is 1. The molecular weight excluding hydrogens is 439 g/mol. The molecule has 0 bridgehead atoms. The molecule has 0 spiro atoms. The van der Waals surface area contributed by atoms with Crippen LogP contribution in [0.1, 0.15) is 40.3 Å². The molecule has 1 fully saturated rings. The minimum absolute atomic E-state index is 0. The molecule has 1 aliphatic carbocycles. The summed E-state index contributed by atoms with van der Waals surface area (Å²) in [6.07, 6.45) is 5.09. The van der Waals surface area contributed by atoms with Gasteiger partial charge in [0.1, 0.15) is 4.83 Å². The normalized spacial score (nSPS) is 15.6. The second-order valence-electron chi connectivity index (χ2n) is 6.81. The van der Waals surface area contributed by atoms with Crippen molar-refractivity contribution >= 4 is 58.3 Å². The Balaban J connectivity index is 0.000000289. The van der Waals surface area contributed by atoms with Crippen molar-refractivity contribution in [3.8, 4) is 0 Å². The van der Waals surface area contributed by atoms with Crippen molar-refractivity contribution in [2.24, 2.45) is 17.4 Å². The predicted molar refractivity (Wildman–Crippen MR) is 119 cm³/mol. The molecule has 0 aromatic carbocycles. The third-order valence-corrected chi connectivity index (χ3v) is 6.25. The second-order valence-corrected chi connectivity index (χ2v) is 7.89. The summed E-state index contributed by atoms with van der Waals surface area (Å²) >= 11 is 1.44. The number of carboxylic acids is 1. The maximum atomic E-state index is 11.8. The average Bonchev–Trinajstić information content (AvgIpc) is 3.22. The van der Waals surface area contributed by atoms with E-state index in [1.165, 1.54) is 16.2 Å². The standard InChI is InChI=1S/C10H8N2O3S.C7H16N4.2ClH/c13-8-6-4-2-1-3-5(4)16-9(6)12-7(11-8)10(14)15;8-5-6-1-3-11(4-2-6)7(9)10;;/h1-3H2,(H,14,15)(H,11,12,13);6H,1-5,8H2,(H3,9,10);2*1H. The van der Waals surface area contributed by atoms with Gasteiger partial charge in [0.05, 0.1) is 5.39 Å². The Hall–Kier alpha value is -1.88. The van der Waals surface area contributed by atoms with Gasteiger partial charge < -0.3 is 26.5 Å². The molecule has 0 saturated carbocycles. The Labute approximate surface area is 184 Å². The van der Waals surface area contributed by atoms with Gasteiger partial charge in [0.25, 0.3) is 5.56 Å². The number of nitrogens with one attached hydrogen (secondary N) is 2. The van der Waals surface area contributed by atoms with Gasteiger partial charge in [-0.15, -0.1) is 36.2 Å². The number of nitrogens with zero attached hydrogens (tertiary/aromatic N) is 2. The summed E-state index contributed by atoms with van der Waals surface area (Å²) in [7, 11) is 0. The Morgan fingerprint density at radius 1 is 1.31 bits per heavy atom. The number of aromatic carboxylic acids is 1. The number of hydrogen-bond acceptors (Lipinski definition) is 6. The van der Waals surface area contributed by atoms with Crippen molar-refractivity contribution in [1.82, 2.24) is 14.9 Å². The molecule has 1 aliphatic heterocycles. The zero-order valence-electron chi connectivity index (χ0n) is 15.8. The number of rotatable bonds is 2. The third-order valence-electron chi connectivity index (χ3n) is 5.07. The monoisotopic (exact) mass is 464 g/mol. The molecule has 12 heteroatoms. The van der Waals surface area contributed by atoms with Crippen molar-refractivity contribution in [2.75, 3.05) is 19.6 Å². The molecule has 0 radical (unpaired) electrons. The first kappa shape index (κ1) is 25.2. The molecule has 2 aromatic rings. The van der Waals surface area contributed by atoms with E-state index in [1.807, 2.05) is 4.90 Å². The van der Waals surface area contributed by atoms with Crippen LogP contribution in [0.4, 0.5) is 0 Å². The number of halogens is 2. The Morgan fingerprint density at radius 2 is 1.97 bits per heavy atom. The van der Waals surface area contributed by atoms with E-state index in [4.69, 9.17) is 22.0 Å². The number of piperidine rings is 1. The van der Waals surface area contributed by atoms with E-state index in [-0.39, 0.29) is 42.2 Å². The summed E-state index contributed by atoms with van der Waals surface area (Å²) in [4.78, 5) is 32.4. The van der Waals surface area contributed by atoms with Crippen LogP contribution in [-0.2, 0) is 12.8 Å². The van der Waals surface area contributed by atoms with Crippen LogP contribution in [0, 0.1) is 11.3 Å². The van der Waals surface area contributed by atoms with Gasteiger partial charge in [0.2, 0.25) is 5.82 Å². The number of fused-ring (bicyclic) bond motifs is 3. The van der Waals surface area contributed by atoms with Gasteiger partial charge in [-0.1, -0.05) is 0 Å². The third kappa shape index (κ3) is 5.59. The lowest BCUT2D eigenvalue weighted by molar-refractivity contribution is 0.0683. The topological polar surface area (TPSA) is 162 Å². The summed E-state index contributed by atoms with van der Waals surface area (Å²) in [6.45, 7) is 2.57. The highest BCUT2D eigenvalue weighted by Gasteiger charge is 2.22. The van der Waals surface area contributed by atoms with E-state index in [0.717, 1.165) is 57.3 Å². The number of carbonyl (C=O) groups is 1. The number of aryl methyl sites for hydroxylation is 2. The number of guanidine groups is 1. The van der Waals surface area contributed by atoms with Crippen molar-refractivity contribution in [3.63, 3.8) is 0 Å². The van der Waals surface area contributed by atoms with Crippen LogP contribution >= 0.6 is 36.2 Å². The Kier molecular flexibility index (Phi) is 9.34. The van der Waals surface area contributed by atoms with E-state index in [0.29, 0.717) is 16.1 Å². The zero-order chi connectivity index (χ0) is 19.6. The molecule has 0 atom stereocenters. The lowest BCUT2D eigenvalue weighted by Crippen LogP contribution is -2.43. The van der Waals surface area contributed by atoms with Crippen molar-refractivity contribution in [1.29, 1.82) is 5.41 Å². The molecule has 0 unspecified atom stereocenters. The number of likely N-dealkylation sites (tertiary alicyclic amines) is 1. The number of aromatic nitrogens is 2. The molecule has 3 heterocycles. The molecule has 0 amide bonds. The highest BCUT2D eigenvalue weighted by Crippen LogP contribution is 2.34. The lowest BCUT2D eigenvalue weighted by atomic mass is 9.97. The van der Waals surface area contributed by atoms with E-state index in [9.17, 15) is 9.59 Å². The smallest absolute Gasteiger partial charge is 0.372 e. The van der Waals surface area contributed by atoms with E-state index in [1.54, 1.807) is 0 Å². The summed E-state index contributed by atoms with van der Waals surface area (Å²) < 4.78 is 0. The van der Waals surface area contributed by atoms with Crippen LogP contribution in [0.25, 0.3) is 10.2 Å². The average molecular weight is 465 g/mol. The van der Waals surface area contributed by atoms with E-state index < -0.39 is 5.97 Å². The molecule has 29 heavy (non-hydrogen) atoms. The molecule has 7 N–H and O–H groups in total. The maximum absolute atomic E-state index is 11.8. The van der Waals surface area contributed by atoms with Gasteiger partial charge in [0, 0.05) is 18.0 Å². The molecular formula is C17H26Cl2N6O3S. The quantitative estimate of drug-likeness (QED) is 0.332. The SMILES string of the molecule is Cl.Cl.N=C(N)N1CCC(CN)CC1.O=C(O)c1nc2sc3c(c2c(=O)[nH]1)CCC3. The number of aromatic amines is 1. The van der Waals surface area contributed by atoms with Gasteiger partial charge in [-0.2, -0.15) is 0 Å². The minimum Gasteiger partial charge on any atom is -0.475 e. The molecule has 1 saturated heterocycles.